The zero-order valence-corrected chi connectivity index (χ0v) is 18.0. The second-order valence-corrected chi connectivity index (χ2v) is 7.52. The number of aromatic nitrogens is 2. The fourth-order valence-electron chi connectivity index (χ4n) is 3.63. The number of carbonyl (C=O) groups excluding carboxylic acids is 1. The molecule has 0 aliphatic heterocycles. The van der Waals surface area contributed by atoms with Gasteiger partial charge in [-0.1, -0.05) is 48.5 Å². The van der Waals surface area contributed by atoms with Crippen molar-refractivity contribution in [2.75, 3.05) is 7.11 Å². The van der Waals surface area contributed by atoms with Crippen molar-refractivity contribution in [2.45, 2.75) is 13.3 Å². The zero-order valence-electron chi connectivity index (χ0n) is 18.0. The Morgan fingerprint density at radius 3 is 2.47 bits per heavy atom. The van der Waals surface area contributed by atoms with Gasteiger partial charge < -0.3 is 9.30 Å². The number of hydrogen-bond acceptors (Lipinski definition) is 3. The van der Waals surface area contributed by atoms with Gasteiger partial charge in [0.15, 0.2) is 0 Å². The first-order chi connectivity index (χ1) is 15.5. The first-order valence-corrected chi connectivity index (χ1v) is 10.3. The van der Waals surface area contributed by atoms with E-state index in [1.165, 1.54) is 19.2 Å². The number of hydrogen-bond donors (Lipinski definition) is 0. The van der Waals surface area contributed by atoms with Gasteiger partial charge in [0.25, 0.3) is 0 Å². The summed E-state index contributed by atoms with van der Waals surface area (Å²) in [6.45, 7) is 1.98. The van der Waals surface area contributed by atoms with Gasteiger partial charge in [-0.2, -0.15) is 0 Å². The highest BCUT2D eigenvalue weighted by atomic mass is 19.1. The van der Waals surface area contributed by atoms with Gasteiger partial charge in [-0.15, -0.1) is 0 Å². The van der Waals surface area contributed by atoms with Crippen LogP contribution in [0.25, 0.3) is 22.9 Å². The Morgan fingerprint density at radius 2 is 1.81 bits per heavy atom. The van der Waals surface area contributed by atoms with Crippen molar-refractivity contribution >= 4 is 17.7 Å². The summed E-state index contributed by atoms with van der Waals surface area (Å²) >= 11 is 0. The standard InChI is InChI=1S/C27H23FN2O2/c1-19-16-29-18-30(19)17-23(21-9-11-24(28)12-10-21)14-20-8-13-25(27(31)32-2)26(15-20)22-6-4-3-5-7-22/h3-13,15-18H,14H2,1-2H3. The van der Waals surface area contributed by atoms with Gasteiger partial charge >= 0.3 is 5.97 Å². The summed E-state index contributed by atoms with van der Waals surface area (Å²) in [5, 5.41) is 0. The minimum atomic E-state index is -0.376. The largest absolute Gasteiger partial charge is 0.465 e. The van der Waals surface area contributed by atoms with Gasteiger partial charge in [-0.05, 0) is 65.4 Å². The summed E-state index contributed by atoms with van der Waals surface area (Å²) in [5.74, 6) is -0.653. The molecule has 3 aromatic carbocycles. The number of rotatable bonds is 6. The Bertz CT molecular complexity index is 1260. The number of allylic oxidation sites excluding steroid dienone is 1. The van der Waals surface area contributed by atoms with E-state index in [1.807, 2.05) is 60.2 Å². The minimum absolute atomic E-state index is 0.277. The van der Waals surface area contributed by atoms with E-state index in [9.17, 15) is 9.18 Å². The molecule has 0 amide bonds. The van der Waals surface area contributed by atoms with Crippen molar-refractivity contribution in [2.24, 2.45) is 0 Å². The quantitative estimate of drug-likeness (QED) is 0.354. The summed E-state index contributed by atoms with van der Waals surface area (Å²) in [4.78, 5) is 16.6. The normalized spacial score (nSPS) is 11.4. The predicted molar refractivity (Wildman–Crippen MR) is 124 cm³/mol. The van der Waals surface area contributed by atoms with Crippen LogP contribution in [-0.2, 0) is 11.2 Å². The fraction of sp³-hybridized carbons (Fsp3) is 0.111. The molecule has 1 heterocycles. The van der Waals surface area contributed by atoms with E-state index in [0.717, 1.165) is 33.5 Å². The van der Waals surface area contributed by atoms with Crippen LogP contribution in [0.2, 0.25) is 0 Å². The Labute approximate surface area is 186 Å². The summed E-state index contributed by atoms with van der Waals surface area (Å²) < 4.78 is 20.5. The fourth-order valence-corrected chi connectivity index (χ4v) is 3.63. The zero-order chi connectivity index (χ0) is 22.5. The summed E-state index contributed by atoms with van der Waals surface area (Å²) in [6, 6.07) is 22.0. The smallest absolute Gasteiger partial charge is 0.338 e. The molecule has 0 saturated carbocycles. The van der Waals surface area contributed by atoms with Gasteiger partial charge in [0, 0.05) is 18.1 Å². The monoisotopic (exact) mass is 426 g/mol. The van der Waals surface area contributed by atoms with Gasteiger partial charge in [-0.25, -0.2) is 14.2 Å². The van der Waals surface area contributed by atoms with Crippen LogP contribution < -0.4 is 0 Å². The van der Waals surface area contributed by atoms with Crippen molar-refractivity contribution in [3.8, 4) is 11.1 Å². The molecule has 0 aliphatic rings. The van der Waals surface area contributed by atoms with E-state index in [2.05, 4.69) is 4.98 Å². The second-order valence-electron chi connectivity index (χ2n) is 7.52. The maximum absolute atomic E-state index is 13.5. The second kappa shape index (κ2) is 9.43. The number of carbonyl (C=O) groups is 1. The van der Waals surface area contributed by atoms with E-state index in [0.29, 0.717) is 12.0 Å². The number of imidazole rings is 1. The molecule has 0 aliphatic carbocycles. The van der Waals surface area contributed by atoms with Gasteiger partial charge in [0.2, 0.25) is 0 Å². The molecule has 0 spiro atoms. The predicted octanol–water partition coefficient (Wildman–Crippen LogP) is 6.03. The molecule has 0 N–H and O–H groups in total. The Kier molecular flexibility index (Phi) is 6.26. The van der Waals surface area contributed by atoms with Gasteiger partial charge in [0.1, 0.15) is 5.82 Å². The van der Waals surface area contributed by atoms with Crippen molar-refractivity contribution in [3.63, 3.8) is 0 Å². The lowest BCUT2D eigenvalue weighted by Gasteiger charge is -2.14. The van der Waals surface area contributed by atoms with Crippen LogP contribution in [0.4, 0.5) is 4.39 Å². The van der Waals surface area contributed by atoms with Crippen molar-refractivity contribution in [1.29, 1.82) is 0 Å². The SMILES string of the molecule is COC(=O)c1ccc(CC(=Cn2cncc2C)c2ccc(F)cc2)cc1-c1ccccc1. The van der Waals surface area contributed by atoms with Gasteiger partial charge in [0.05, 0.1) is 19.0 Å². The molecular formula is C27H23FN2O2. The third-order valence-electron chi connectivity index (χ3n) is 5.34. The average molecular weight is 426 g/mol. The third kappa shape index (κ3) is 4.67. The summed E-state index contributed by atoms with van der Waals surface area (Å²) in [6.07, 6.45) is 6.13. The van der Waals surface area contributed by atoms with Crippen molar-refractivity contribution < 1.29 is 13.9 Å². The van der Waals surface area contributed by atoms with Crippen LogP contribution in [0.1, 0.15) is 27.2 Å². The van der Waals surface area contributed by atoms with E-state index in [1.54, 1.807) is 30.7 Å². The van der Waals surface area contributed by atoms with Crippen LogP contribution in [-0.4, -0.2) is 22.6 Å². The number of methoxy groups -OCH3 is 1. The van der Waals surface area contributed by atoms with E-state index >= 15 is 0 Å². The molecule has 0 bridgehead atoms. The molecule has 4 nitrogen and oxygen atoms in total. The first kappa shape index (κ1) is 21.2. The molecule has 0 fully saturated rings. The number of ether oxygens (including phenoxy) is 1. The molecule has 4 rings (SSSR count). The Morgan fingerprint density at radius 1 is 1.06 bits per heavy atom. The van der Waals surface area contributed by atoms with Crippen molar-refractivity contribution in [1.82, 2.24) is 9.55 Å². The highest BCUT2D eigenvalue weighted by molar-refractivity contribution is 5.97. The molecular weight excluding hydrogens is 403 g/mol. The minimum Gasteiger partial charge on any atom is -0.465 e. The molecule has 0 atom stereocenters. The molecule has 0 radical (unpaired) electrons. The number of nitrogens with zero attached hydrogens (tertiary/aromatic N) is 2. The first-order valence-electron chi connectivity index (χ1n) is 10.3. The molecule has 0 unspecified atom stereocenters. The topological polar surface area (TPSA) is 44.1 Å². The van der Waals surface area contributed by atoms with Crippen LogP contribution in [0.15, 0.2) is 85.3 Å². The highest BCUT2D eigenvalue weighted by Crippen LogP contribution is 2.29. The Balaban J connectivity index is 1.78. The van der Waals surface area contributed by atoms with E-state index in [-0.39, 0.29) is 11.8 Å². The average Bonchev–Trinajstić information content (AvgIpc) is 3.23. The number of benzene rings is 3. The molecule has 1 aromatic heterocycles. The molecule has 32 heavy (non-hydrogen) atoms. The van der Waals surface area contributed by atoms with Crippen LogP contribution in [0.5, 0.6) is 0 Å². The van der Waals surface area contributed by atoms with Crippen LogP contribution in [0.3, 0.4) is 0 Å². The number of halogens is 1. The summed E-state index contributed by atoms with van der Waals surface area (Å²) in [7, 11) is 1.38. The summed E-state index contributed by atoms with van der Waals surface area (Å²) in [5.41, 5.74) is 6.19. The molecule has 5 heteroatoms. The van der Waals surface area contributed by atoms with Crippen LogP contribution >= 0.6 is 0 Å². The molecule has 0 saturated heterocycles. The lowest BCUT2D eigenvalue weighted by atomic mass is 9.93. The maximum atomic E-state index is 13.5. The third-order valence-corrected chi connectivity index (χ3v) is 5.34. The number of aryl methyl sites for hydroxylation is 1. The number of esters is 1. The maximum Gasteiger partial charge on any atom is 0.338 e. The highest BCUT2D eigenvalue weighted by Gasteiger charge is 2.15. The molecule has 160 valence electrons. The Hall–Kier alpha value is -3.99. The lowest BCUT2D eigenvalue weighted by molar-refractivity contribution is 0.0601. The van der Waals surface area contributed by atoms with Crippen LogP contribution in [0, 0.1) is 12.7 Å². The lowest BCUT2D eigenvalue weighted by Crippen LogP contribution is -2.05. The van der Waals surface area contributed by atoms with Crippen molar-refractivity contribution in [3.05, 3.63) is 114 Å². The van der Waals surface area contributed by atoms with E-state index in [4.69, 9.17) is 4.74 Å². The molecule has 4 aromatic rings. The van der Waals surface area contributed by atoms with E-state index < -0.39 is 0 Å². The van der Waals surface area contributed by atoms with Gasteiger partial charge in [-0.3, -0.25) is 0 Å².